The van der Waals surface area contributed by atoms with Crippen LogP contribution in [0.2, 0.25) is 0 Å². The van der Waals surface area contributed by atoms with Crippen LogP contribution in [0.15, 0.2) is 18.3 Å². The van der Waals surface area contributed by atoms with E-state index in [4.69, 9.17) is 0 Å². The van der Waals surface area contributed by atoms with Crippen molar-refractivity contribution in [3.8, 4) is 0 Å². The van der Waals surface area contributed by atoms with Gasteiger partial charge in [-0.3, -0.25) is 9.88 Å². The third kappa shape index (κ3) is 5.05. The maximum Gasteiger partial charge on any atom is 0.0564 e. The Morgan fingerprint density at radius 2 is 2.00 bits per heavy atom. The number of hydrogen-bond acceptors (Lipinski definition) is 3. The van der Waals surface area contributed by atoms with Crippen LogP contribution in [0, 0.1) is 5.92 Å². The quantitative estimate of drug-likeness (QED) is 0.803. The number of aromatic nitrogens is 1. The predicted octanol–water partition coefficient (Wildman–Crippen LogP) is 3.38. The molecule has 0 aromatic carbocycles. The fourth-order valence-corrected chi connectivity index (χ4v) is 2.01. The van der Waals surface area contributed by atoms with Gasteiger partial charge in [0.1, 0.15) is 0 Å². The largest absolute Gasteiger partial charge is 0.385 e. The fraction of sp³-hybridized carbons (Fsp3) is 0.667. The lowest BCUT2D eigenvalue weighted by atomic mass is 10.1. The zero-order valence-electron chi connectivity index (χ0n) is 12.4. The van der Waals surface area contributed by atoms with Gasteiger partial charge < -0.3 is 5.32 Å². The molecule has 0 bridgehead atoms. The van der Waals surface area contributed by atoms with Crippen LogP contribution in [-0.2, 0) is 6.54 Å². The van der Waals surface area contributed by atoms with Gasteiger partial charge in [0.25, 0.3) is 0 Å². The molecule has 3 heteroatoms. The first-order valence-corrected chi connectivity index (χ1v) is 6.95. The van der Waals surface area contributed by atoms with E-state index < -0.39 is 0 Å². The minimum atomic E-state index is 0.553. The molecule has 0 saturated carbocycles. The van der Waals surface area contributed by atoms with Gasteiger partial charge in [0.2, 0.25) is 0 Å². The number of nitrogens with zero attached hydrogens (tertiary/aromatic N) is 2. The van der Waals surface area contributed by atoms with Crippen molar-refractivity contribution in [3.63, 3.8) is 0 Å². The zero-order valence-corrected chi connectivity index (χ0v) is 12.4. The van der Waals surface area contributed by atoms with Crippen molar-refractivity contribution in [2.45, 2.75) is 47.2 Å². The summed E-state index contributed by atoms with van der Waals surface area (Å²) in [5.41, 5.74) is 2.30. The third-order valence-corrected chi connectivity index (χ3v) is 2.89. The molecule has 0 atom stereocenters. The van der Waals surface area contributed by atoms with E-state index in [9.17, 15) is 0 Å². The summed E-state index contributed by atoms with van der Waals surface area (Å²) in [4.78, 5) is 6.94. The van der Waals surface area contributed by atoms with Gasteiger partial charge in [-0.1, -0.05) is 13.8 Å². The van der Waals surface area contributed by atoms with Crippen LogP contribution in [0.4, 0.5) is 5.69 Å². The fourth-order valence-electron chi connectivity index (χ4n) is 2.01. The lowest BCUT2D eigenvalue weighted by molar-refractivity contribution is 0.187. The van der Waals surface area contributed by atoms with Crippen LogP contribution < -0.4 is 5.32 Å². The Bertz CT molecular complexity index is 347. The molecule has 0 aliphatic carbocycles. The summed E-state index contributed by atoms with van der Waals surface area (Å²) >= 11 is 0. The van der Waals surface area contributed by atoms with Gasteiger partial charge in [0, 0.05) is 37.6 Å². The van der Waals surface area contributed by atoms with Crippen molar-refractivity contribution in [3.05, 3.63) is 24.0 Å². The van der Waals surface area contributed by atoms with Gasteiger partial charge in [-0.2, -0.15) is 0 Å². The van der Waals surface area contributed by atoms with Crippen molar-refractivity contribution in [2.75, 3.05) is 18.4 Å². The molecule has 0 saturated heterocycles. The first-order chi connectivity index (χ1) is 8.52. The highest BCUT2D eigenvalue weighted by atomic mass is 15.2. The molecule has 0 spiro atoms. The minimum Gasteiger partial charge on any atom is -0.385 e. The maximum atomic E-state index is 4.47. The van der Waals surface area contributed by atoms with E-state index in [1.54, 1.807) is 0 Å². The van der Waals surface area contributed by atoms with Crippen LogP contribution in [0.3, 0.4) is 0 Å². The van der Waals surface area contributed by atoms with E-state index in [0.29, 0.717) is 12.0 Å². The van der Waals surface area contributed by atoms with Gasteiger partial charge in [0.05, 0.1) is 5.69 Å². The monoisotopic (exact) mass is 249 g/mol. The summed E-state index contributed by atoms with van der Waals surface area (Å²) in [6.45, 7) is 14.1. The SMILES string of the molecule is CCNc1ccnc(CN(CC(C)C)C(C)C)c1. The Morgan fingerprint density at radius 1 is 1.28 bits per heavy atom. The molecule has 1 N–H and O–H groups in total. The second-order valence-electron chi connectivity index (χ2n) is 5.48. The highest BCUT2D eigenvalue weighted by Gasteiger charge is 2.12. The number of pyridine rings is 1. The van der Waals surface area contributed by atoms with E-state index in [1.807, 2.05) is 12.3 Å². The molecular weight excluding hydrogens is 222 g/mol. The average Bonchev–Trinajstić information content (AvgIpc) is 2.28. The predicted molar refractivity (Wildman–Crippen MR) is 78.8 cm³/mol. The third-order valence-electron chi connectivity index (χ3n) is 2.89. The highest BCUT2D eigenvalue weighted by Crippen LogP contribution is 2.13. The Morgan fingerprint density at radius 3 is 2.56 bits per heavy atom. The molecule has 0 aliphatic heterocycles. The molecule has 0 aliphatic rings. The zero-order chi connectivity index (χ0) is 13.5. The van der Waals surface area contributed by atoms with E-state index in [2.05, 4.69) is 55.9 Å². The summed E-state index contributed by atoms with van der Waals surface area (Å²) in [6, 6.07) is 4.73. The van der Waals surface area contributed by atoms with Gasteiger partial charge in [0.15, 0.2) is 0 Å². The van der Waals surface area contributed by atoms with Crippen LogP contribution >= 0.6 is 0 Å². The van der Waals surface area contributed by atoms with Crippen LogP contribution in [-0.4, -0.2) is 29.0 Å². The number of nitrogens with one attached hydrogen (secondary N) is 1. The molecule has 0 amide bonds. The average molecular weight is 249 g/mol. The number of rotatable bonds is 7. The van der Waals surface area contributed by atoms with Gasteiger partial charge in [-0.15, -0.1) is 0 Å². The Labute approximate surface area is 112 Å². The Kier molecular flexibility index (Phi) is 6.13. The van der Waals surface area contributed by atoms with Gasteiger partial charge in [-0.25, -0.2) is 0 Å². The van der Waals surface area contributed by atoms with E-state index in [1.165, 1.54) is 0 Å². The molecule has 3 nitrogen and oxygen atoms in total. The molecule has 1 aromatic heterocycles. The molecule has 0 unspecified atom stereocenters. The molecule has 1 rings (SSSR count). The molecule has 18 heavy (non-hydrogen) atoms. The minimum absolute atomic E-state index is 0.553. The molecule has 0 radical (unpaired) electrons. The molecule has 0 fully saturated rings. The molecule has 1 aromatic rings. The maximum absolute atomic E-state index is 4.47. The van der Waals surface area contributed by atoms with E-state index in [0.717, 1.165) is 31.0 Å². The van der Waals surface area contributed by atoms with Crippen molar-refractivity contribution in [2.24, 2.45) is 5.92 Å². The smallest absolute Gasteiger partial charge is 0.0564 e. The number of hydrogen-bond donors (Lipinski definition) is 1. The second-order valence-corrected chi connectivity index (χ2v) is 5.48. The van der Waals surface area contributed by atoms with Crippen molar-refractivity contribution < 1.29 is 0 Å². The highest BCUT2D eigenvalue weighted by molar-refractivity contribution is 5.42. The van der Waals surface area contributed by atoms with Crippen LogP contribution in [0.25, 0.3) is 0 Å². The first kappa shape index (κ1) is 15.0. The lowest BCUT2D eigenvalue weighted by Crippen LogP contribution is -2.33. The molecular formula is C15H27N3. The van der Waals surface area contributed by atoms with E-state index in [-0.39, 0.29) is 0 Å². The van der Waals surface area contributed by atoms with Gasteiger partial charge >= 0.3 is 0 Å². The normalized spacial score (nSPS) is 11.6. The van der Waals surface area contributed by atoms with Crippen LogP contribution in [0.1, 0.15) is 40.3 Å². The van der Waals surface area contributed by atoms with Crippen molar-refractivity contribution in [1.82, 2.24) is 9.88 Å². The second kappa shape index (κ2) is 7.37. The Balaban J connectivity index is 2.70. The molecule has 102 valence electrons. The summed E-state index contributed by atoms with van der Waals surface area (Å²) in [5.74, 6) is 0.685. The number of anilines is 1. The summed E-state index contributed by atoms with van der Waals surface area (Å²) in [6.07, 6.45) is 1.89. The van der Waals surface area contributed by atoms with Gasteiger partial charge in [-0.05, 0) is 38.8 Å². The van der Waals surface area contributed by atoms with Crippen molar-refractivity contribution in [1.29, 1.82) is 0 Å². The lowest BCUT2D eigenvalue weighted by Gasteiger charge is -2.28. The first-order valence-electron chi connectivity index (χ1n) is 6.95. The summed E-state index contributed by atoms with van der Waals surface area (Å²) < 4.78 is 0. The summed E-state index contributed by atoms with van der Waals surface area (Å²) in [5, 5.41) is 3.33. The topological polar surface area (TPSA) is 28.2 Å². The van der Waals surface area contributed by atoms with Crippen molar-refractivity contribution >= 4 is 5.69 Å². The van der Waals surface area contributed by atoms with Crippen LogP contribution in [0.5, 0.6) is 0 Å². The Hall–Kier alpha value is -1.09. The summed E-state index contributed by atoms with van der Waals surface area (Å²) in [7, 11) is 0. The standard InChI is InChI=1S/C15H27N3/c1-6-16-14-7-8-17-15(9-14)11-18(13(4)5)10-12(2)3/h7-9,12-13H,6,10-11H2,1-5H3,(H,16,17). The molecule has 1 heterocycles. The van der Waals surface area contributed by atoms with E-state index >= 15 is 0 Å².